The van der Waals surface area contributed by atoms with E-state index in [-0.39, 0.29) is 11.8 Å². The van der Waals surface area contributed by atoms with Crippen molar-refractivity contribution in [3.05, 3.63) is 65.2 Å². The Morgan fingerprint density at radius 1 is 0.929 bits per heavy atom. The van der Waals surface area contributed by atoms with Crippen LogP contribution in [0.4, 0.5) is 0 Å². The number of carbonyl (C=O) groups is 3. The third-order valence-corrected chi connectivity index (χ3v) is 4.87. The quantitative estimate of drug-likeness (QED) is 0.604. The molecule has 0 spiro atoms. The highest BCUT2D eigenvalue weighted by atomic mass is 16.5. The summed E-state index contributed by atoms with van der Waals surface area (Å²) in [4.78, 5) is 40.0. The summed E-state index contributed by atoms with van der Waals surface area (Å²) in [6.07, 6.45) is 0.380. The molecule has 1 aliphatic heterocycles. The molecule has 0 saturated carbocycles. The minimum atomic E-state index is -0.426. The molecule has 3 rings (SSSR count). The van der Waals surface area contributed by atoms with Gasteiger partial charge in [-0.3, -0.25) is 14.4 Å². The lowest BCUT2D eigenvalue weighted by molar-refractivity contribution is -0.132. The molecule has 0 bridgehead atoms. The maximum Gasteiger partial charge on any atom is 0.308 e. The van der Waals surface area contributed by atoms with Crippen LogP contribution in [0.25, 0.3) is 0 Å². The Morgan fingerprint density at radius 2 is 1.61 bits per heavy atom. The zero-order valence-electron chi connectivity index (χ0n) is 16.2. The fourth-order valence-electron chi connectivity index (χ4n) is 3.28. The monoisotopic (exact) mass is 380 g/mol. The molecule has 2 aromatic carbocycles. The van der Waals surface area contributed by atoms with E-state index in [9.17, 15) is 14.4 Å². The van der Waals surface area contributed by atoms with Crippen molar-refractivity contribution in [2.75, 3.05) is 26.2 Å². The largest absolute Gasteiger partial charge is 0.427 e. The van der Waals surface area contributed by atoms with Crippen LogP contribution in [0.1, 0.15) is 28.4 Å². The molecule has 0 N–H and O–H groups in total. The number of amides is 2. The molecule has 1 saturated heterocycles. The highest BCUT2D eigenvalue weighted by Gasteiger charge is 2.25. The van der Waals surface area contributed by atoms with Crippen molar-refractivity contribution in [2.45, 2.75) is 20.3 Å². The van der Waals surface area contributed by atoms with Crippen LogP contribution in [0.3, 0.4) is 0 Å². The van der Waals surface area contributed by atoms with Gasteiger partial charge in [-0.2, -0.15) is 0 Å². The molecule has 0 aliphatic carbocycles. The van der Waals surface area contributed by atoms with Gasteiger partial charge in [0.25, 0.3) is 5.91 Å². The van der Waals surface area contributed by atoms with Gasteiger partial charge in [0.05, 0.1) is 6.42 Å². The Hall–Kier alpha value is -3.15. The fraction of sp³-hybridized carbons (Fsp3) is 0.318. The molecule has 6 nitrogen and oxygen atoms in total. The van der Waals surface area contributed by atoms with E-state index in [2.05, 4.69) is 0 Å². The number of piperazine rings is 1. The predicted octanol–water partition coefficient (Wildman–Crippen LogP) is 2.45. The zero-order chi connectivity index (χ0) is 20.1. The summed E-state index contributed by atoms with van der Waals surface area (Å²) in [6.45, 7) is 5.32. The number of benzene rings is 2. The van der Waals surface area contributed by atoms with E-state index < -0.39 is 5.97 Å². The van der Waals surface area contributed by atoms with Gasteiger partial charge in [-0.25, -0.2) is 0 Å². The van der Waals surface area contributed by atoms with Crippen LogP contribution >= 0.6 is 0 Å². The Bertz CT molecular complexity index is 886. The zero-order valence-corrected chi connectivity index (χ0v) is 16.2. The number of hydrogen-bond acceptors (Lipinski definition) is 4. The van der Waals surface area contributed by atoms with Crippen molar-refractivity contribution in [3.8, 4) is 5.75 Å². The summed E-state index contributed by atoms with van der Waals surface area (Å²) < 4.78 is 5.04. The van der Waals surface area contributed by atoms with E-state index >= 15 is 0 Å². The Balaban J connectivity index is 1.57. The van der Waals surface area contributed by atoms with E-state index in [1.807, 2.05) is 36.1 Å². The fourth-order valence-corrected chi connectivity index (χ4v) is 3.28. The van der Waals surface area contributed by atoms with Crippen LogP contribution in [0.5, 0.6) is 5.75 Å². The Morgan fingerprint density at radius 3 is 2.29 bits per heavy atom. The molecule has 146 valence electrons. The first-order valence-corrected chi connectivity index (χ1v) is 9.34. The number of rotatable bonds is 4. The summed E-state index contributed by atoms with van der Waals surface area (Å²) >= 11 is 0. The molecular formula is C22H24N2O4. The molecule has 0 aromatic heterocycles. The summed E-state index contributed by atoms with van der Waals surface area (Å²) in [6, 6.07) is 14.5. The third kappa shape index (κ3) is 4.76. The van der Waals surface area contributed by atoms with E-state index in [1.54, 1.807) is 29.2 Å². The number of aryl methyl sites for hydroxylation is 1. The molecule has 0 unspecified atom stereocenters. The highest BCUT2D eigenvalue weighted by molar-refractivity contribution is 5.95. The van der Waals surface area contributed by atoms with Gasteiger partial charge in [-0.15, -0.1) is 0 Å². The highest BCUT2D eigenvalue weighted by Crippen LogP contribution is 2.17. The Labute approximate surface area is 164 Å². The first kappa shape index (κ1) is 19.6. The van der Waals surface area contributed by atoms with Crippen LogP contribution in [0, 0.1) is 6.92 Å². The molecule has 0 radical (unpaired) electrons. The molecule has 6 heteroatoms. The maximum absolute atomic E-state index is 12.7. The van der Waals surface area contributed by atoms with Crippen molar-refractivity contribution in [3.63, 3.8) is 0 Å². The van der Waals surface area contributed by atoms with Gasteiger partial charge in [-0.1, -0.05) is 30.3 Å². The van der Waals surface area contributed by atoms with Gasteiger partial charge in [0.15, 0.2) is 0 Å². The van der Waals surface area contributed by atoms with Crippen molar-refractivity contribution in [1.82, 2.24) is 9.80 Å². The van der Waals surface area contributed by atoms with Gasteiger partial charge in [0.1, 0.15) is 5.75 Å². The topological polar surface area (TPSA) is 66.9 Å². The average molecular weight is 380 g/mol. The molecule has 1 aliphatic rings. The van der Waals surface area contributed by atoms with E-state index in [1.165, 1.54) is 6.92 Å². The summed E-state index contributed by atoms with van der Waals surface area (Å²) in [7, 11) is 0. The number of nitrogens with zero attached hydrogens (tertiary/aromatic N) is 2. The number of ether oxygens (including phenoxy) is 1. The standard InChI is InChI=1S/C22H24N2O4/c1-16-6-3-4-7-18(16)15-21(26)23-10-12-24(13-11-23)22(27)19-8-5-9-20(14-19)28-17(2)25/h3-9,14H,10-13,15H2,1-2H3. The van der Waals surface area contributed by atoms with Crippen molar-refractivity contribution >= 4 is 17.8 Å². The molecule has 2 aromatic rings. The van der Waals surface area contributed by atoms with Gasteiger partial charge < -0.3 is 14.5 Å². The molecule has 2 amide bonds. The average Bonchev–Trinajstić information content (AvgIpc) is 2.69. The molecule has 28 heavy (non-hydrogen) atoms. The maximum atomic E-state index is 12.7. The first-order valence-electron chi connectivity index (χ1n) is 9.34. The second-order valence-electron chi connectivity index (χ2n) is 6.90. The molecule has 1 fully saturated rings. The minimum Gasteiger partial charge on any atom is -0.427 e. The lowest BCUT2D eigenvalue weighted by Crippen LogP contribution is -2.51. The van der Waals surface area contributed by atoms with E-state index in [0.717, 1.165) is 11.1 Å². The van der Waals surface area contributed by atoms with Crippen LogP contribution < -0.4 is 4.74 Å². The normalized spacial score (nSPS) is 13.9. The molecule has 0 atom stereocenters. The summed E-state index contributed by atoms with van der Waals surface area (Å²) in [5.74, 6) is -0.117. The predicted molar refractivity (Wildman–Crippen MR) is 105 cm³/mol. The van der Waals surface area contributed by atoms with Gasteiger partial charge in [-0.05, 0) is 36.2 Å². The second kappa shape index (κ2) is 8.69. The van der Waals surface area contributed by atoms with Crippen LogP contribution in [0.2, 0.25) is 0 Å². The number of hydrogen-bond donors (Lipinski definition) is 0. The van der Waals surface area contributed by atoms with Crippen LogP contribution in [-0.2, 0) is 16.0 Å². The van der Waals surface area contributed by atoms with Gasteiger partial charge in [0.2, 0.25) is 5.91 Å². The van der Waals surface area contributed by atoms with Crippen molar-refractivity contribution in [1.29, 1.82) is 0 Å². The molecular weight excluding hydrogens is 356 g/mol. The number of carbonyl (C=O) groups excluding carboxylic acids is 3. The van der Waals surface area contributed by atoms with Crippen molar-refractivity contribution < 1.29 is 19.1 Å². The van der Waals surface area contributed by atoms with Gasteiger partial charge in [0, 0.05) is 38.7 Å². The number of esters is 1. The van der Waals surface area contributed by atoms with E-state index in [4.69, 9.17) is 4.74 Å². The smallest absolute Gasteiger partial charge is 0.308 e. The first-order chi connectivity index (χ1) is 13.4. The summed E-state index contributed by atoms with van der Waals surface area (Å²) in [5.41, 5.74) is 2.61. The van der Waals surface area contributed by atoms with Crippen LogP contribution in [-0.4, -0.2) is 53.8 Å². The minimum absolute atomic E-state index is 0.0817. The third-order valence-electron chi connectivity index (χ3n) is 4.87. The molecule has 1 heterocycles. The summed E-state index contributed by atoms with van der Waals surface area (Å²) in [5, 5.41) is 0. The second-order valence-corrected chi connectivity index (χ2v) is 6.90. The Kier molecular flexibility index (Phi) is 6.09. The van der Waals surface area contributed by atoms with Crippen LogP contribution in [0.15, 0.2) is 48.5 Å². The lowest BCUT2D eigenvalue weighted by atomic mass is 10.1. The van der Waals surface area contributed by atoms with Gasteiger partial charge >= 0.3 is 5.97 Å². The van der Waals surface area contributed by atoms with E-state index in [0.29, 0.717) is 43.9 Å². The lowest BCUT2D eigenvalue weighted by Gasteiger charge is -2.35. The SMILES string of the molecule is CC(=O)Oc1cccc(C(=O)N2CCN(C(=O)Cc3ccccc3C)CC2)c1. The van der Waals surface area contributed by atoms with Crippen molar-refractivity contribution in [2.24, 2.45) is 0 Å².